The topological polar surface area (TPSA) is 60.7 Å². The normalized spacial score (nSPS) is 27.8. The molecular formula is C22H34N2O3S. The van der Waals surface area contributed by atoms with Crippen molar-refractivity contribution < 1.29 is 14.3 Å². The highest BCUT2D eigenvalue weighted by Crippen LogP contribution is 2.57. The van der Waals surface area contributed by atoms with Gasteiger partial charge in [0.05, 0.1) is 17.9 Å². The summed E-state index contributed by atoms with van der Waals surface area (Å²) in [6, 6.07) is 0. The second kappa shape index (κ2) is 7.77. The Bertz CT molecular complexity index is 788. The van der Waals surface area contributed by atoms with E-state index in [4.69, 9.17) is 4.74 Å². The van der Waals surface area contributed by atoms with Crippen molar-refractivity contribution in [1.29, 1.82) is 0 Å². The first kappa shape index (κ1) is 21.3. The second-order valence-corrected chi connectivity index (χ2v) is 10.6. The average molecular weight is 407 g/mol. The molecule has 0 spiro atoms. The van der Waals surface area contributed by atoms with Crippen LogP contribution in [0.3, 0.4) is 0 Å². The average Bonchev–Trinajstić information content (AvgIpc) is 3.10. The molecule has 0 aliphatic heterocycles. The Labute approximate surface area is 172 Å². The van der Waals surface area contributed by atoms with Crippen molar-refractivity contribution in [2.75, 3.05) is 7.11 Å². The molecule has 3 aliphatic rings. The number of hydrogen-bond donors (Lipinski definition) is 0. The third kappa shape index (κ3) is 3.85. The Hall–Kier alpha value is -1.43. The molecule has 4 rings (SSSR count). The van der Waals surface area contributed by atoms with Crippen LogP contribution >= 0.6 is 11.5 Å². The zero-order chi connectivity index (χ0) is 20.6. The van der Waals surface area contributed by atoms with Crippen LogP contribution in [0.15, 0.2) is 11.2 Å². The van der Waals surface area contributed by atoms with Crippen LogP contribution in [0, 0.1) is 10.8 Å². The number of carbonyl (C=O) groups is 2. The number of methoxy groups -OCH3 is 1. The van der Waals surface area contributed by atoms with E-state index in [9.17, 15) is 9.59 Å². The molecule has 3 saturated carbocycles. The predicted octanol–water partition coefficient (Wildman–Crippen LogP) is 4.59. The monoisotopic (exact) mass is 406 g/mol. The van der Waals surface area contributed by atoms with Gasteiger partial charge in [-0.1, -0.05) is 13.3 Å². The number of nitrogens with zero attached hydrogens (tertiary/aromatic N) is 2. The molecule has 156 valence electrons. The molecule has 3 fully saturated rings. The van der Waals surface area contributed by atoms with E-state index in [-0.39, 0.29) is 28.2 Å². The zero-order valence-electron chi connectivity index (χ0n) is 18.0. The van der Waals surface area contributed by atoms with Gasteiger partial charge in [0.15, 0.2) is 0 Å². The molecule has 5 nitrogen and oxygen atoms in total. The number of carbonyl (C=O) groups excluding carboxylic acids is 2. The molecule has 1 heterocycles. The summed E-state index contributed by atoms with van der Waals surface area (Å²) >= 11 is 1.59. The van der Waals surface area contributed by atoms with Gasteiger partial charge in [0.1, 0.15) is 4.67 Å². The summed E-state index contributed by atoms with van der Waals surface area (Å²) in [5.74, 6) is -0.0807. The molecule has 1 aromatic rings. The smallest absolute Gasteiger partial charge is 0.311 e. The van der Waals surface area contributed by atoms with Gasteiger partial charge >= 0.3 is 5.97 Å². The van der Waals surface area contributed by atoms with Crippen molar-refractivity contribution in [1.82, 2.24) is 3.96 Å². The lowest BCUT2D eigenvalue weighted by molar-refractivity contribution is -0.165. The summed E-state index contributed by atoms with van der Waals surface area (Å²) in [6.07, 6.45) is 9.84. The minimum Gasteiger partial charge on any atom is -0.469 e. The number of rotatable bonds is 5. The maximum absolute atomic E-state index is 13.3. The fourth-order valence-corrected chi connectivity index (χ4v) is 5.61. The van der Waals surface area contributed by atoms with Gasteiger partial charge in [-0.3, -0.25) is 13.5 Å². The molecule has 1 amide bonds. The van der Waals surface area contributed by atoms with E-state index in [2.05, 4.69) is 42.8 Å². The largest absolute Gasteiger partial charge is 0.469 e. The first-order valence-electron chi connectivity index (χ1n) is 10.6. The van der Waals surface area contributed by atoms with Gasteiger partial charge in [-0.05, 0) is 83.7 Å². The number of aryl methyl sites for hydroxylation is 1. The highest BCUT2D eigenvalue weighted by molar-refractivity contribution is 7.04. The Morgan fingerprint density at radius 1 is 1.14 bits per heavy atom. The van der Waals surface area contributed by atoms with E-state index >= 15 is 0 Å². The van der Waals surface area contributed by atoms with Crippen LogP contribution in [0.4, 0.5) is 0 Å². The maximum Gasteiger partial charge on any atom is 0.311 e. The van der Waals surface area contributed by atoms with Crippen molar-refractivity contribution in [2.45, 2.75) is 91.0 Å². The highest BCUT2D eigenvalue weighted by atomic mass is 32.1. The summed E-state index contributed by atoms with van der Waals surface area (Å²) in [6.45, 7) is 8.70. The SMILES string of the molecule is CCCCc1cn(C(C)(C)C)sc1=NC(=O)C12CCC(C(=O)OC)(CC1)CC2. The van der Waals surface area contributed by atoms with Crippen molar-refractivity contribution in [3.8, 4) is 0 Å². The number of ether oxygens (including phenoxy) is 1. The molecule has 2 bridgehead atoms. The van der Waals surface area contributed by atoms with E-state index in [1.54, 1.807) is 11.5 Å². The first-order valence-corrected chi connectivity index (χ1v) is 11.3. The number of aromatic nitrogens is 1. The molecule has 0 atom stereocenters. The molecule has 0 aromatic carbocycles. The zero-order valence-corrected chi connectivity index (χ0v) is 18.8. The molecule has 0 radical (unpaired) electrons. The predicted molar refractivity (Wildman–Crippen MR) is 111 cm³/mol. The first-order chi connectivity index (χ1) is 13.2. The van der Waals surface area contributed by atoms with E-state index in [1.807, 2.05) is 0 Å². The van der Waals surface area contributed by atoms with E-state index in [0.29, 0.717) is 0 Å². The van der Waals surface area contributed by atoms with Gasteiger partial charge in [0, 0.05) is 17.3 Å². The van der Waals surface area contributed by atoms with Gasteiger partial charge in [0.25, 0.3) is 5.91 Å². The molecule has 3 aliphatic carbocycles. The Balaban J connectivity index is 1.87. The molecule has 1 aromatic heterocycles. The van der Waals surface area contributed by atoms with Gasteiger partial charge in [0.2, 0.25) is 0 Å². The lowest BCUT2D eigenvalue weighted by atomic mass is 9.53. The molecular weight excluding hydrogens is 372 g/mol. The van der Waals surface area contributed by atoms with Crippen LogP contribution < -0.4 is 4.67 Å². The summed E-state index contributed by atoms with van der Waals surface area (Å²) < 4.78 is 8.12. The van der Waals surface area contributed by atoms with Crippen LogP contribution in [0.2, 0.25) is 0 Å². The lowest BCUT2D eigenvalue weighted by Crippen LogP contribution is -2.49. The van der Waals surface area contributed by atoms with Crippen LogP contribution in [-0.2, 0) is 26.3 Å². The van der Waals surface area contributed by atoms with Crippen LogP contribution in [0.1, 0.15) is 84.6 Å². The molecule has 6 heteroatoms. The standard InChI is InChI=1S/C22H34N2O3S/c1-6-7-8-16-15-24(20(2,3)4)28-17(16)23-18(25)21-9-12-22(13-10-21,14-11-21)19(26)27-5/h15H,6-14H2,1-5H3. The van der Waals surface area contributed by atoms with Crippen molar-refractivity contribution in [3.05, 3.63) is 16.4 Å². The molecule has 28 heavy (non-hydrogen) atoms. The number of hydrogen-bond acceptors (Lipinski definition) is 4. The molecule has 0 N–H and O–H groups in total. The summed E-state index contributed by atoms with van der Waals surface area (Å²) in [7, 11) is 1.47. The number of amides is 1. The minimum absolute atomic E-state index is 0.0173. The van der Waals surface area contributed by atoms with Crippen molar-refractivity contribution in [3.63, 3.8) is 0 Å². The fraction of sp³-hybridized carbons (Fsp3) is 0.773. The lowest BCUT2D eigenvalue weighted by Gasteiger charge is -2.49. The summed E-state index contributed by atoms with van der Waals surface area (Å²) in [5.41, 5.74) is 0.425. The van der Waals surface area contributed by atoms with Gasteiger partial charge < -0.3 is 4.74 Å². The van der Waals surface area contributed by atoms with E-state index < -0.39 is 0 Å². The van der Waals surface area contributed by atoms with Crippen LogP contribution in [0.25, 0.3) is 0 Å². The molecule has 0 unspecified atom stereocenters. The minimum atomic E-state index is -0.381. The van der Waals surface area contributed by atoms with Crippen LogP contribution in [0.5, 0.6) is 0 Å². The Kier molecular flexibility index (Phi) is 5.91. The van der Waals surface area contributed by atoms with E-state index in [1.165, 1.54) is 12.7 Å². The Morgan fingerprint density at radius 3 is 2.21 bits per heavy atom. The summed E-state index contributed by atoms with van der Waals surface area (Å²) in [5, 5.41) is 0. The number of fused-ring (bicyclic) bond motifs is 3. The highest BCUT2D eigenvalue weighted by Gasteiger charge is 2.56. The maximum atomic E-state index is 13.3. The third-order valence-electron chi connectivity index (χ3n) is 6.71. The van der Waals surface area contributed by atoms with Crippen LogP contribution in [-0.4, -0.2) is 22.9 Å². The second-order valence-electron chi connectivity index (χ2n) is 9.62. The number of esters is 1. The van der Waals surface area contributed by atoms with Gasteiger partial charge in [-0.25, -0.2) is 4.99 Å². The molecule has 0 saturated heterocycles. The van der Waals surface area contributed by atoms with Gasteiger partial charge in [-0.2, -0.15) is 0 Å². The summed E-state index contributed by atoms with van der Waals surface area (Å²) in [4.78, 5) is 30.2. The van der Waals surface area contributed by atoms with E-state index in [0.717, 1.165) is 62.5 Å². The Morgan fingerprint density at radius 2 is 1.71 bits per heavy atom. The fourth-order valence-electron chi connectivity index (χ4n) is 4.58. The van der Waals surface area contributed by atoms with Crippen molar-refractivity contribution in [2.24, 2.45) is 15.8 Å². The van der Waals surface area contributed by atoms with Gasteiger partial charge in [-0.15, -0.1) is 0 Å². The quantitative estimate of drug-likeness (QED) is 0.672. The van der Waals surface area contributed by atoms with Crippen molar-refractivity contribution >= 4 is 23.4 Å². The number of unbranched alkanes of at least 4 members (excludes halogenated alkanes) is 1. The third-order valence-corrected chi connectivity index (χ3v) is 8.09.